The number of benzene rings is 1. The highest BCUT2D eigenvalue weighted by molar-refractivity contribution is 5.72. The highest BCUT2D eigenvalue weighted by atomic mass is 16.7. The topological polar surface area (TPSA) is 59.1 Å². The fourth-order valence-electron chi connectivity index (χ4n) is 5.11. The Morgan fingerprint density at radius 1 is 1.00 bits per heavy atom. The number of carbonyl (C=O) groups is 2. The van der Waals surface area contributed by atoms with Crippen molar-refractivity contribution in [2.24, 2.45) is 5.92 Å². The van der Waals surface area contributed by atoms with Gasteiger partial charge in [-0.15, -0.1) is 5.06 Å². The first-order chi connectivity index (χ1) is 16.2. The lowest BCUT2D eigenvalue weighted by Crippen LogP contribution is -2.48. The van der Waals surface area contributed by atoms with Crippen molar-refractivity contribution in [1.29, 1.82) is 0 Å². The van der Waals surface area contributed by atoms with Gasteiger partial charge in [0.15, 0.2) is 0 Å². The van der Waals surface area contributed by atoms with Crippen molar-refractivity contribution >= 4 is 12.4 Å². The van der Waals surface area contributed by atoms with Gasteiger partial charge in [0.1, 0.15) is 6.61 Å². The van der Waals surface area contributed by atoms with Crippen molar-refractivity contribution in [3.05, 3.63) is 35.9 Å². The van der Waals surface area contributed by atoms with Gasteiger partial charge in [-0.05, 0) is 37.7 Å². The molecule has 2 aliphatic carbocycles. The van der Waals surface area contributed by atoms with Crippen LogP contribution >= 0.6 is 0 Å². The number of rotatable bonds is 13. The van der Waals surface area contributed by atoms with E-state index in [0.29, 0.717) is 31.5 Å². The molecular formula is C27H42N2O4. The predicted molar refractivity (Wildman–Crippen MR) is 129 cm³/mol. The number of hydrogen-bond donors (Lipinski definition) is 0. The van der Waals surface area contributed by atoms with Crippen molar-refractivity contribution in [3.63, 3.8) is 0 Å². The summed E-state index contributed by atoms with van der Waals surface area (Å²) in [6.45, 7) is 2.63. The van der Waals surface area contributed by atoms with E-state index in [1.165, 1.54) is 43.6 Å². The quantitative estimate of drug-likeness (QED) is 0.276. The normalized spacial score (nSPS) is 18.7. The van der Waals surface area contributed by atoms with Gasteiger partial charge in [0.25, 0.3) is 0 Å². The molecule has 6 heteroatoms. The zero-order chi connectivity index (χ0) is 23.3. The molecule has 0 aromatic heterocycles. The Hall–Kier alpha value is -1.92. The molecule has 0 saturated heterocycles. The van der Waals surface area contributed by atoms with Crippen LogP contribution in [-0.4, -0.2) is 41.1 Å². The van der Waals surface area contributed by atoms with Gasteiger partial charge in [0.05, 0.1) is 12.5 Å². The van der Waals surface area contributed by atoms with Crippen molar-refractivity contribution in [1.82, 2.24) is 10.1 Å². The minimum atomic E-state index is -0.388. The van der Waals surface area contributed by atoms with Crippen LogP contribution in [0.2, 0.25) is 0 Å². The maximum absolute atomic E-state index is 13.4. The first-order valence-electron chi connectivity index (χ1n) is 13.1. The van der Waals surface area contributed by atoms with E-state index in [1.807, 2.05) is 30.3 Å². The Morgan fingerprint density at radius 3 is 2.15 bits per heavy atom. The van der Waals surface area contributed by atoms with E-state index in [9.17, 15) is 9.59 Å². The summed E-state index contributed by atoms with van der Waals surface area (Å²) >= 11 is 0. The van der Waals surface area contributed by atoms with Gasteiger partial charge >= 0.3 is 5.97 Å². The predicted octanol–water partition coefficient (Wildman–Crippen LogP) is 5.81. The number of hydrogen-bond acceptors (Lipinski definition) is 5. The van der Waals surface area contributed by atoms with E-state index in [0.717, 1.165) is 44.1 Å². The van der Waals surface area contributed by atoms with Crippen LogP contribution in [0.15, 0.2) is 30.3 Å². The average molecular weight is 459 g/mol. The zero-order valence-corrected chi connectivity index (χ0v) is 20.3. The van der Waals surface area contributed by atoms with Crippen LogP contribution in [0.3, 0.4) is 0 Å². The van der Waals surface area contributed by atoms with Gasteiger partial charge in [-0.3, -0.25) is 9.63 Å². The lowest BCUT2D eigenvalue weighted by molar-refractivity contribution is -0.231. The van der Waals surface area contributed by atoms with Gasteiger partial charge in [0.2, 0.25) is 6.41 Å². The van der Waals surface area contributed by atoms with Gasteiger partial charge in [-0.1, -0.05) is 88.6 Å². The second-order valence-electron chi connectivity index (χ2n) is 9.66. The molecule has 1 amide bonds. The molecule has 2 saturated carbocycles. The van der Waals surface area contributed by atoms with E-state index in [-0.39, 0.29) is 18.4 Å². The monoisotopic (exact) mass is 458 g/mol. The highest BCUT2D eigenvalue weighted by Gasteiger charge is 2.34. The van der Waals surface area contributed by atoms with Crippen molar-refractivity contribution in [3.8, 4) is 0 Å². The van der Waals surface area contributed by atoms with E-state index < -0.39 is 0 Å². The van der Waals surface area contributed by atoms with E-state index in [1.54, 1.807) is 0 Å². The number of carbonyl (C=O) groups excluding carboxylic acids is 2. The van der Waals surface area contributed by atoms with Crippen LogP contribution < -0.4 is 0 Å². The standard InChI is InChI=1S/C27H42N2O4/c1-2-3-15-24(20-28(22-30)32-21-23-13-7-4-8-14-23)27(31)33-29(25-16-9-5-10-17-25)26-18-11-6-12-19-26/h4,7-8,13-14,22,24-26H,2-3,5-6,9-12,15-21H2,1H3/t24-/m1/s1. The molecule has 0 spiro atoms. The van der Waals surface area contributed by atoms with E-state index >= 15 is 0 Å². The number of hydroxylamine groups is 4. The molecule has 0 bridgehead atoms. The third kappa shape index (κ3) is 8.42. The Bertz CT molecular complexity index is 669. The molecular weight excluding hydrogens is 416 g/mol. The molecule has 184 valence electrons. The summed E-state index contributed by atoms with van der Waals surface area (Å²) in [4.78, 5) is 37.0. The number of nitrogens with zero attached hydrogens (tertiary/aromatic N) is 2. The summed E-state index contributed by atoms with van der Waals surface area (Å²) in [5.41, 5.74) is 0.984. The third-order valence-corrected chi connectivity index (χ3v) is 7.06. The minimum Gasteiger partial charge on any atom is -0.367 e. The first kappa shape index (κ1) is 25.7. The molecule has 3 rings (SSSR count). The van der Waals surface area contributed by atoms with Gasteiger partial charge in [-0.2, -0.15) is 0 Å². The van der Waals surface area contributed by atoms with Crippen LogP contribution in [0, 0.1) is 5.92 Å². The van der Waals surface area contributed by atoms with Gasteiger partial charge in [-0.25, -0.2) is 9.86 Å². The number of amides is 1. The summed E-state index contributed by atoms with van der Waals surface area (Å²) < 4.78 is 0. The van der Waals surface area contributed by atoms with Crippen LogP contribution in [0.25, 0.3) is 0 Å². The van der Waals surface area contributed by atoms with Crippen molar-refractivity contribution < 1.29 is 19.3 Å². The maximum Gasteiger partial charge on any atom is 0.330 e. The largest absolute Gasteiger partial charge is 0.367 e. The summed E-state index contributed by atoms with van der Waals surface area (Å²) in [7, 11) is 0. The Balaban J connectivity index is 1.64. The summed E-state index contributed by atoms with van der Waals surface area (Å²) in [5, 5.41) is 3.34. The average Bonchev–Trinajstić information content (AvgIpc) is 2.88. The molecule has 2 fully saturated rings. The maximum atomic E-state index is 13.4. The van der Waals surface area contributed by atoms with Gasteiger partial charge < -0.3 is 4.84 Å². The smallest absolute Gasteiger partial charge is 0.330 e. The Kier molecular flexibility index (Phi) is 11.2. The fraction of sp³-hybridized carbons (Fsp3) is 0.704. The van der Waals surface area contributed by atoms with Crippen molar-refractivity contribution in [2.45, 2.75) is 109 Å². The molecule has 1 atom stereocenters. The lowest BCUT2D eigenvalue weighted by atomic mass is 9.90. The third-order valence-electron chi connectivity index (χ3n) is 7.06. The molecule has 0 heterocycles. The number of unbranched alkanes of at least 4 members (excludes halogenated alkanes) is 1. The second-order valence-corrected chi connectivity index (χ2v) is 9.66. The molecule has 0 aliphatic heterocycles. The van der Waals surface area contributed by atoms with Crippen LogP contribution in [0.5, 0.6) is 0 Å². The molecule has 1 aromatic carbocycles. The van der Waals surface area contributed by atoms with Crippen LogP contribution in [0.1, 0.15) is 96.0 Å². The SMILES string of the molecule is CCCC[C@H](CN(C=O)OCc1ccccc1)C(=O)ON(C1CCCCC1)C1CCCCC1. The van der Waals surface area contributed by atoms with Crippen LogP contribution in [-0.2, 0) is 25.9 Å². The Morgan fingerprint density at radius 2 is 1.61 bits per heavy atom. The molecule has 6 nitrogen and oxygen atoms in total. The molecule has 2 aliphatic rings. The van der Waals surface area contributed by atoms with Crippen molar-refractivity contribution in [2.75, 3.05) is 6.54 Å². The van der Waals surface area contributed by atoms with E-state index in [4.69, 9.17) is 9.68 Å². The second kappa shape index (κ2) is 14.4. The molecule has 0 unspecified atom stereocenters. The molecule has 1 aromatic rings. The van der Waals surface area contributed by atoms with Crippen LogP contribution in [0.4, 0.5) is 0 Å². The molecule has 0 N–H and O–H groups in total. The highest BCUT2D eigenvalue weighted by Crippen LogP contribution is 2.31. The first-order valence-corrected chi connectivity index (χ1v) is 13.1. The fourth-order valence-corrected chi connectivity index (χ4v) is 5.11. The van der Waals surface area contributed by atoms with Gasteiger partial charge in [0, 0.05) is 12.1 Å². The summed E-state index contributed by atoms with van der Waals surface area (Å²) in [6.07, 6.45) is 15.0. The zero-order valence-electron chi connectivity index (χ0n) is 20.3. The molecule has 33 heavy (non-hydrogen) atoms. The Labute approximate surface area is 199 Å². The summed E-state index contributed by atoms with van der Waals surface area (Å²) in [6, 6.07) is 10.4. The molecule has 0 radical (unpaired) electrons. The minimum absolute atomic E-state index is 0.213. The van der Waals surface area contributed by atoms with E-state index in [2.05, 4.69) is 12.0 Å². The lowest BCUT2D eigenvalue weighted by Gasteiger charge is -2.40. The summed E-state index contributed by atoms with van der Waals surface area (Å²) in [5.74, 6) is -0.602.